The first kappa shape index (κ1) is 15.9. The lowest BCUT2D eigenvalue weighted by molar-refractivity contribution is -0.143. The summed E-state index contributed by atoms with van der Waals surface area (Å²) in [5.74, 6) is -1.79. The van der Waals surface area contributed by atoms with E-state index in [1.165, 1.54) is 14.0 Å². The van der Waals surface area contributed by atoms with Crippen LogP contribution in [0.15, 0.2) is 0 Å². The van der Waals surface area contributed by atoms with E-state index in [1.807, 2.05) is 0 Å². The van der Waals surface area contributed by atoms with Gasteiger partial charge in [0, 0.05) is 7.05 Å². The van der Waals surface area contributed by atoms with Crippen LogP contribution in [-0.4, -0.2) is 54.2 Å². The first-order chi connectivity index (χ1) is 8.68. The SMILES string of the molecule is CCOC(=O)CC1(S(=O)(=O)N(C)C(C)C(=O)O)CC1. The maximum atomic E-state index is 12.4. The molecule has 1 saturated carbocycles. The van der Waals surface area contributed by atoms with Crippen LogP contribution < -0.4 is 0 Å². The second-order valence-corrected chi connectivity index (χ2v) is 7.09. The Kier molecular flexibility index (Phi) is 4.57. The smallest absolute Gasteiger partial charge is 0.321 e. The first-order valence-electron chi connectivity index (χ1n) is 6.04. The Labute approximate surface area is 112 Å². The van der Waals surface area contributed by atoms with Crippen LogP contribution in [0.3, 0.4) is 0 Å². The zero-order valence-corrected chi connectivity index (χ0v) is 12.1. The third-order valence-corrected chi connectivity index (χ3v) is 6.13. The molecular weight excluding hydrogens is 274 g/mol. The molecule has 1 rings (SSSR count). The molecule has 1 unspecified atom stereocenters. The summed E-state index contributed by atoms with van der Waals surface area (Å²) in [6, 6.07) is -1.16. The summed E-state index contributed by atoms with van der Waals surface area (Å²) in [5.41, 5.74) is 0. The van der Waals surface area contributed by atoms with Crippen molar-refractivity contribution in [2.45, 2.75) is 43.9 Å². The van der Waals surface area contributed by atoms with Gasteiger partial charge in [-0.25, -0.2) is 8.42 Å². The molecule has 0 saturated heterocycles. The van der Waals surface area contributed by atoms with E-state index in [0.29, 0.717) is 12.8 Å². The summed E-state index contributed by atoms with van der Waals surface area (Å²) in [6.07, 6.45) is 0.482. The van der Waals surface area contributed by atoms with Crippen LogP contribution in [0.4, 0.5) is 0 Å². The van der Waals surface area contributed by atoms with E-state index in [9.17, 15) is 18.0 Å². The van der Waals surface area contributed by atoms with E-state index in [1.54, 1.807) is 6.92 Å². The number of esters is 1. The van der Waals surface area contributed by atoms with E-state index in [-0.39, 0.29) is 13.0 Å². The summed E-state index contributed by atoms with van der Waals surface area (Å²) in [5, 5.41) is 8.87. The van der Waals surface area contributed by atoms with Crippen LogP contribution in [0.25, 0.3) is 0 Å². The number of likely N-dealkylation sites (N-methyl/N-ethyl adjacent to an activating group) is 1. The lowest BCUT2D eigenvalue weighted by atomic mass is 10.3. The summed E-state index contributed by atoms with van der Waals surface area (Å²) >= 11 is 0. The fourth-order valence-corrected chi connectivity index (χ4v) is 3.85. The van der Waals surface area contributed by atoms with Gasteiger partial charge in [-0.05, 0) is 26.7 Å². The lowest BCUT2D eigenvalue weighted by Crippen LogP contribution is -2.46. The van der Waals surface area contributed by atoms with E-state index in [2.05, 4.69) is 0 Å². The van der Waals surface area contributed by atoms with Gasteiger partial charge in [-0.3, -0.25) is 9.59 Å². The van der Waals surface area contributed by atoms with Gasteiger partial charge in [-0.1, -0.05) is 0 Å². The number of nitrogens with zero attached hydrogens (tertiary/aromatic N) is 1. The van der Waals surface area contributed by atoms with Crippen LogP contribution in [0.2, 0.25) is 0 Å². The number of ether oxygens (including phenoxy) is 1. The molecule has 7 nitrogen and oxygen atoms in total. The number of rotatable bonds is 7. The highest BCUT2D eigenvalue weighted by molar-refractivity contribution is 7.90. The van der Waals surface area contributed by atoms with Gasteiger partial charge < -0.3 is 9.84 Å². The number of aliphatic carboxylic acids is 1. The highest BCUT2D eigenvalue weighted by atomic mass is 32.2. The van der Waals surface area contributed by atoms with Crippen LogP contribution >= 0.6 is 0 Å². The largest absolute Gasteiger partial charge is 0.480 e. The van der Waals surface area contributed by atoms with Gasteiger partial charge in [0.15, 0.2) is 0 Å². The number of carbonyl (C=O) groups excluding carboxylic acids is 1. The van der Waals surface area contributed by atoms with Crippen molar-refractivity contribution in [1.29, 1.82) is 0 Å². The minimum Gasteiger partial charge on any atom is -0.480 e. The van der Waals surface area contributed by atoms with Crippen molar-refractivity contribution in [3.05, 3.63) is 0 Å². The molecule has 0 bridgehead atoms. The minimum absolute atomic E-state index is 0.191. The fourth-order valence-electron chi connectivity index (χ4n) is 1.81. The number of carboxylic acid groups (broad SMARTS) is 1. The van der Waals surface area contributed by atoms with Gasteiger partial charge in [0.25, 0.3) is 0 Å². The Morgan fingerprint density at radius 2 is 1.95 bits per heavy atom. The number of carbonyl (C=O) groups is 2. The van der Waals surface area contributed by atoms with Gasteiger partial charge >= 0.3 is 11.9 Å². The van der Waals surface area contributed by atoms with Gasteiger partial charge in [-0.2, -0.15) is 4.31 Å². The van der Waals surface area contributed by atoms with Crippen molar-refractivity contribution < 1.29 is 27.9 Å². The molecule has 1 aliphatic carbocycles. The van der Waals surface area contributed by atoms with E-state index in [0.717, 1.165) is 4.31 Å². The Balaban J connectivity index is 2.88. The summed E-state index contributed by atoms with van der Waals surface area (Å²) in [4.78, 5) is 22.3. The van der Waals surface area contributed by atoms with Crippen molar-refractivity contribution in [2.75, 3.05) is 13.7 Å². The molecule has 0 radical (unpaired) electrons. The van der Waals surface area contributed by atoms with E-state index < -0.39 is 32.8 Å². The number of sulfonamides is 1. The number of hydrogen-bond donors (Lipinski definition) is 1. The molecule has 0 aromatic heterocycles. The highest BCUT2D eigenvalue weighted by Crippen LogP contribution is 2.48. The molecule has 0 aromatic carbocycles. The van der Waals surface area contributed by atoms with Crippen LogP contribution in [0, 0.1) is 0 Å². The quantitative estimate of drug-likeness (QED) is 0.673. The molecule has 1 N–H and O–H groups in total. The second-order valence-electron chi connectivity index (χ2n) is 4.70. The topological polar surface area (TPSA) is 101 Å². The predicted molar refractivity (Wildman–Crippen MR) is 67.0 cm³/mol. The van der Waals surface area contributed by atoms with Crippen molar-refractivity contribution in [2.24, 2.45) is 0 Å². The van der Waals surface area contributed by atoms with Crippen LogP contribution in [0.5, 0.6) is 0 Å². The van der Waals surface area contributed by atoms with Gasteiger partial charge in [-0.15, -0.1) is 0 Å². The molecule has 8 heteroatoms. The third kappa shape index (κ3) is 3.06. The molecular formula is C11H19NO6S. The van der Waals surface area contributed by atoms with Crippen LogP contribution in [-0.2, 0) is 24.3 Å². The van der Waals surface area contributed by atoms with Gasteiger partial charge in [0.05, 0.1) is 17.8 Å². The van der Waals surface area contributed by atoms with E-state index >= 15 is 0 Å². The van der Waals surface area contributed by atoms with Gasteiger partial charge in [0.2, 0.25) is 10.0 Å². The normalized spacial score (nSPS) is 18.9. The average Bonchev–Trinajstić information content (AvgIpc) is 3.08. The summed E-state index contributed by atoms with van der Waals surface area (Å²) < 4.78 is 29.1. The minimum atomic E-state index is -3.83. The zero-order chi connectivity index (χ0) is 14.8. The standard InChI is InChI=1S/C11H19NO6S/c1-4-18-9(13)7-11(5-6-11)19(16,17)12(3)8(2)10(14)15/h8H,4-7H2,1-3H3,(H,14,15). The summed E-state index contributed by atoms with van der Waals surface area (Å²) in [7, 11) is -2.61. The molecule has 1 fully saturated rings. The molecule has 110 valence electrons. The number of hydrogen-bond acceptors (Lipinski definition) is 5. The van der Waals surface area contributed by atoms with Crippen molar-refractivity contribution in [1.82, 2.24) is 4.31 Å². The van der Waals surface area contributed by atoms with E-state index in [4.69, 9.17) is 9.84 Å². The van der Waals surface area contributed by atoms with Gasteiger partial charge in [0.1, 0.15) is 6.04 Å². The number of carboxylic acids is 1. The first-order valence-corrected chi connectivity index (χ1v) is 7.48. The second kappa shape index (κ2) is 5.46. The fraction of sp³-hybridized carbons (Fsp3) is 0.818. The molecule has 0 heterocycles. The highest BCUT2D eigenvalue weighted by Gasteiger charge is 2.58. The molecule has 19 heavy (non-hydrogen) atoms. The molecule has 1 atom stereocenters. The Morgan fingerprint density at radius 1 is 1.42 bits per heavy atom. The van der Waals surface area contributed by atoms with Crippen molar-refractivity contribution >= 4 is 22.0 Å². The van der Waals surface area contributed by atoms with Crippen molar-refractivity contribution in [3.63, 3.8) is 0 Å². The predicted octanol–water partition coefficient (Wildman–Crippen LogP) is 0.207. The molecule has 0 aromatic rings. The summed E-state index contributed by atoms with van der Waals surface area (Å²) in [6.45, 7) is 3.13. The third-order valence-electron chi connectivity index (χ3n) is 3.41. The molecule has 0 amide bonds. The maximum Gasteiger partial charge on any atom is 0.321 e. The van der Waals surface area contributed by atoms with Crippen LogP contribution in [0.1, 0.15) is 33.1 Å². The Morgan fingerprint density at radius 3 is 2.32 bits per heavy atom. The Bertz CT molecular complexity index is 468. The maximum absolute atomic E-state index is 12.4. The Hall–Kier alpha value is -1.15. The zero-order valence-electron chi connectivity index (χ0n) is 11.2. The molecule has 0 aliphatic heterocycles. The monoisotopic (exact) mass is 293 g/mol. The van der Waals surface area contributed by atoms with Crippen molar-refractivity contribution in [3.8, 4) is 0 Å². The lowest BCUT2D eigenvalue weighted by Gasteiger charge is -2.26. The average molecular weight is 293 g/mol. The molecule has 1 aliphatic rings. The molecule has 0 spiro atoms.